The van der Waals surface area contributed by atoms with Crippen LogP contribution in [0.25, 0.3) is 16.8 Å². The first-order valence-electron chi connectivity index (χ1n) is 14.9. The number of pyridine rings is 1. The first kappa shape index (κ1) is 31.7. The van der Waals surface area contributed by atoms with Gasteiger partial charge in [-0.05, 0) is 50.6 Å². The van der Waals surface area contributed by atoms with Crippen LogP contribution in [0.4, 0.5) is 25.8 Å². The molecule has 5 heterocycles. The number of piperazine rings is 1. The van der Waals surface area contributed by atoms with Gasteiger partial charge in [0.25, 0.3) is 5.91 Å². The number of nitrogens with two attached hydrogens (primary N) is 1. The van der Waals surface area contributed by atoms with Gasteiger partial charge >= 0.3 is 0 Å². The summed E-state index contributed by atoms with van der Waals surface area (Å²) >= 11 is 19.7. The van der Waals surface area contributed by atoms with Gasteiger partial charge in [-0.15, -0.1) is 0 Å². The van der Waals surface area contributed by atoms with Crippen LogP contribution < -0.4 is 10.6 Å². The molecule has 0 bridgehead atoms. The molecule has 14 heteroatoms. The van der Waals surface area contributed by atoms with Crippen LogP contribution in [0.15, 0.2) is 42.7 Å². The van der Waals surface area contributed by atoms with Gasteiger partial charge in [-0.1, -0.05) is 41.4 Å². The van der Waals surface area contributed by atoms with Crippen molar-refractivity contribution in [2.75, 3.05) is 30.8 Å². The Labute approximate surface area is 284 Å². The molecule has 2 aromatic carbocycles. The van der Waals surface area contributed by atoms with E-state index in [-0.39, 0.29) is 62.8 Å². The first-order valence-corrected chi connectivity index (χ1v) is 16.0. The molecule has 1 saturated heterocycles. The Hall–Kier alpha value is -3.90. The highest BCUT2D eigenvalue weighted by Crippen LogP contribution is 2.57. The van der Waals surface area contributed by atoms with Gasteiger partial charge in [-0.25, -0.2) is 8.78 Å². The van der Waals surface area contributed by atoms with Crippen molar-refractivity contribution in [3.8, 4) is 11.1 Å². The zero-order valence-corrected chi connectivity index (χ0v) is 28.0. The van der Waals surface area contributed by atoms with E-state index in [0.29, 0.717) is 34.0 Å². The fourth-order valence-corrected chi connectivity index (χ4v) is 8.06. The van der Waals surface area contributed by atoms with E-state index in [1.54, 1.807) is 23.0 Å². The topological polar surface area (TPSA) is 95.2 Å². The van der Waals surface area contributed by atoms with Crippen LogP contribution in [-0.4, -0.2) is 69.9 Å². The SMILES string of the molecule is C=CC(=O)N1CC2C(=O)N(C)C3=C(c4cc(F)c(-c5c(N)c(Cl)cc(Cl)c5F)c(Cl)c4N4c5c(C)ccnc5C(C)OC34)N2CC1C. The summed E-state index contributed by atoms with van der Waals surface area (Å²) in [6, 6.07) is 3.10. The highest BCUT2D eigenvalue weighted by atomic mass is 35.5. The maximum Gasteiger partial charge on any atom is 0.251 e. The molecule has 1 fully saturated rings. The number of carbonyl (C=O) groups is 2. The lowest BCUT2D eigenvalue weighted by Gasteiger charge is -2.56. The van der Waals surface area contributed by atoms with Gasteiger partial charge < -0.3 is 30.1 Å². The van der Waals surface area contributed by atoms with Crippen molar-refractivity contribution in [1.82, 2.24) is 19.7 Å². The zero-order valence-electron chi connectivity index (χ0n) is 25.7. The van der Waals surface area contributed by atoms with Crippen LogP contribution in [0.1, 0.15) is 36.8 Å². The second-order valence-electron chi connectivity index (χ2n) is 12.1. The average molecular weight is 702 g/mol. The molecule has 4 atom stereocenters. The van der Waals surface area contributed by atoms with E-state index in [1.165, 1.54) is 17.0 Å². The monoisotopic (exact) mass is 700 g/mol. The molecule has 47 heavy (non-hydrogen) atoms. The smallest absolute Gasteiger partial charge is 0.251 e. The minimum Gasteiger partial charge on any atom is -0.397 e. The Balaban J connectivity index is 1.56. The quantitative estimate of drug-likeness (QED) is 0.181. The third-order valence-electron chi connectivity index (χ3n) is 9.43. The predicted octanol–water partition coefficient (Wildman–Crippen LogP) is 6.67. The lowest BCUT2D eigenvalue weighted by atomic mass is 9.88. The van der Waals surface area contributed by atoms with Gasteiger partial charge in [0, 0.05) is 42.5 Å². The lowest BCUT2D eigenvalue weighted by molar-refractivity contribution is -0.143. The molecule has 4 unspecified atom stereocenters. The van der Waals surface area contributed by atoms with Crippen molar-refractivity contribution in [1.29, 1.82) is 0 Å². The number of anilines is 3. The molecule has 3 aromatic rings. The number of aryl methyl sites for hydroxylation is 1. The highest BCUT2D eigenvalue weighted by Gasteiger charge is 2.53. The number of aromatic nitrogens is 1. The van der Waals surface area contributed by atoms with Crippen LogP contribution in [0.3, 0.4) is 0 Å². The number of nitrogens with zero attached hydrogens (tertiary/aromatic N) is 5. The van der Waals surface area contributed by atoms with Gasteiger partial charge in [0.1, 0.15) is 18.0 Å². The number of hydrogen-bond donors (Lipinski definition) is 1. The fourth-order valence-electron chi connectivity index (χ4n) is 7.22. The summed E-state index contributed by atoms with van der Waals surface area (Å²) in [4.78, 5) is 38.2. The van der Waals surface area contributed by atoms with Gasteiger partial charge in [0.15, 0.2) is 12.0 Å². The third-order valence-corrected chi connectivity index (χ3v) is 10.4. The summed E-state index contributed by atoms with van der Waals surface area (Å²) < 4.78 is 39.0. The summed E-state index contributed by atoms with van der Waals surface area (Å²) in [5, 5.41) is -0.594. The van der Waals surface area contributed by atoms with Crippen LogP contribution >= 0.6 is 34.8 Å². The van der Waals surface area contributed by atoms with Gasteiger partial charge in [-0.2, -0.15) is 0 Å². The number of rotatable bonds is 2. The van der Waals surface area contributed by atoms with Crippen LogP contribution in [-0.2, 0) is 14.3 Å². The molecule has 2 amide bonds. The van der Waals surface area contributed by atoms with E-state index in [0.717, 1.165) is 11.6 Å². The van der Waals surface area contributed by atoms with E-state index in [1.807, 2.05) is 31.7 Å². The minimum atomic E-state index is -0.983. The molecule has 244 valence electrons. The Morgan fingerprint density at radius 3 is 2.55 bits per heavy atom. The predicted molar refractivity (Wildman–Crippen MR) is 177 cm³/mol. The maximum atomic E-state index is 16.6. The highest BCUT2D eigenvalue weighted by molar-refractivity contribution is 6.39. The largest absolute Gasteiger partial charge is 0.397 e. The summed E-state index contributed by atoms with van der Waals surface area (Å²) in [6.07, 6.45) is 1.44. The summed E-state index contributed by atoms with van der Waals surface area (Å²) in [6.45, 7) is 9.56. The van der Waals surface area contributed by atoms with E-state index in [4.69, 9.17) is 45.3 Å². The molecule has 0 aliphatic carbocycles. The van der Waals surface area contributed by atoms with Crippen LogP contribution in [0, 0.1) is 18.6 Å². The van der Waals surface area contributed by atoms with E-state index < -0.39 is 30.0 Å². The molecule has 0 radical (unpaired) electrons. The van der Waals surface area contributed by atoms with Crippen molar-refractivity contribution < 1.29 is 23.1 Å². The molecule has 7 rings (SSSR count). The number of amides is 2. The van der Waals surface area contributed by atoms with Crippen molar-refractivity contribution in [2.45, 2.75) is 45.2 Å². The third kappa shape index (κ3) is 4.40. The normalized spacial score (nSPS) is 23.2. The van der Waals surface area contributed by atoms with Crippen molar-refractivity contribution >= 4 is 69.4 Å². The molecule has 2 N–H and O–H groups in total. The number of fused-ring (bicyclic) bond motifs is 9. The maximum absolute atomic E-state index is 16.6. The molecule has 4 aliphatic heterocycles. The Morgan fingerprint density at radius 1 is 1.13 bits per heavy atom. The average Bonchev–Trinajstić information content (AvgIpc) is 3.03. The number of nitrogen functional groups attached to an aromatic ring is 1. The van der Waals surface area contributed by atoms with Crippen molar-refractivity contribution in [3.63, 3.8) is 0 Å². The second kappa shape index (κ2) is 11.1. The number of benzene rings is 2. The van der Waals surface area contributed by atoms with Crippen LogP contribution in [0.5, 0.6) is 0 Å². The number of ether oxygens (including phenoxy) is 1. The second-order valence-corrected chi connectivity index (χ2v) is 13.3. The Morgan fingerprint density at radius 2 is 1.85 bits per heavy atom. The summed E-state index contributed by atoms with van der Waals surface area (Å²) in [5.74, 6) is -2.44. The van der Waals surface area contributed by atoms with Crippen molar-refractivity contribution in [3.05, 3.63) is 86.3 Å². The number of carbonyl (C=O) groups excluding carboxylic acids is 2. The van der Waals surface area contributed by atoms with E-state index in [2.05, 4.69) is 11.6 Å². The first-order chi connectivity index (χ1) is 22.3. The Kier molecular flexibility index (Phi) is 7.47. The lowest BCUT2D eigenvalue weighted by Crippen LogP contribution is -2.66. The Bertz CT molecular complexity index is 1950. The molecule has 0 saturated carbocycles. The molecular weight excluding hydrogens is 673 g/mol. The molecule has 4 aliphatic rings. The van der Waals surface area contributed by atoms with Crippen LogP contribution in [0.2, 0.25) is 15.1 Å². The van der Waals surface area contributed by atoms with Crippen molar-refractivity contribution in [2.24, 2.45) is 0 Å². The van der Waals surface area contributed by atoms with E-state index in [9.17, 15) is 9.59 Å². The molecule has 9 nitrogen and oxygen atoms in total. The van der Waals surface area contributed by atoms with Gasteiger partial charge in [0.2, 0.25) is 5.91 Å². The summed E-state index contributed by atoms with van der Waals surface area (Å²) in [5.41, 5.74) is 8.97. The zero-order chi connectivity index (χ0) is 33.8. The standard InChI is InChI=1S/C33H29Cl3F2N6O3/c1-6-21(45)42-12-20-32(46)41(5)31-30(43(20)11-14(42)3)16-9-19(37)22(23-25(38)17(34)10-18(35)26(23)39)24(36)29(16)44-28-13(2)7-8-40-27(28)15(4)47-33(31)44/h6-10,14-15,20,33H,1,11-12,39H2,2-5H3. The molecule has 1 aromatic heterocycles. The molecule has 0 spiro atoms. The number of likely N-dealkylation sites (N-methyl/N-ethyl adjacent to an activating group) is 1. The molecular formula is C33H29Cl3F2N6O3. The summed E-state index contributed by atoms with van der Waals surface area (Å²) in [7, 11) is 1.63. The fraction of sp³-hybridized carbons (Fsp3) is 0.303. The minimum absolute atomic E-state index is 0.0702. The van der Waals surface area contributed by atoms with E-state index >= 15 is 8.78 Å². The van der Waals surface area contributed by atoms with Gasteiger partial charge in [0.05, 0.1) is 55.8 Å². The number of halogens is 5. The van der Waals surface area contributed by atoms with Gasteiger partial charge in [-0.3, -0.25) is 14.6 Å². The number of hydrogen-bond acceptors (Lipinski definition) is 7.